The largest absolute Gasteiger partial charge is 0.497 e. The predicted octanol–water partition coefficient (Wildman–Crippen LogP) is 2.71. The fourth-order valence-corrected chi connectivity index (χ4v) is 3.86. The van der Waals surface area contributed by atoms with Crippen molar-refractivity contribution in [3.8, 4) is 5.75 Å². The van der Waals surface area contributed by atoms with Crippen molar-refractivity contribution in [3.05, 3.63) is 53.5 Å². The van der Waals surface area contributed by atoms with E-state index in [-0.39, 0.29) is 11.9 Å². The molecule has 3 aromatic rings. The van der Waals surface area contributed by atoms with Crippen molar-refractivity contribution in [2.45, 2.75) is 26.8 Å². The van der Waals surface area contributed by atoms with E-state index in [2.05, 4.69) is 34.0 Å². The van der Waals surface area contributed by atoms with E-state index in [0.717, 1.165) is 35.9 Å². The van der Waals surface area contributed by atoms with Gasteiger partial charge < -0.3 is 14.5 Å². The first-order valence-electron chi connectivity index (χ1n) is 9.50. The maximum absolute atomic E-state index is 13.2. The first-order valence-corrected chi connectivity index (χ1v) is 9.50. The lowest BCUT2D eigenvalue weighted by Gasteiger charge is -2.41. The SMILES string of the molecule is COc1ccc(N2CCN(C(=O)c3cnn4c(C)cc(C)nc34)[C@H](C)C2)cc1. The highest BCUT2D eigenvalue weighted by atomic mass is 16.5. The molecule has 146 valence electrons. The van der Waals surface area contributed by atoms with Crippen molar-refractivity contribution in [2.24, 2.45) is 0 Å². The molecule has 2 aromatic heterocycles. The Labute approximate surface area is 164 Å². The van der Waals surface area contributed by atoms with Gasteiger partial charge in [-0.3, -0.25) is 4.79 Å². The predicted molar refractivity (Wildman–Crippen MR) is 108 cm³/mol. The smallest absolute Gasteiger partial charge is 0.259 e. The minimum atomic E-state index is -0.00520. The summed E-state index contributed by atoms with van der Waals surface area (Å²) in [7, 11) is 1.67. The average molecular weight is 379 g/mol. The van der Waals surface area contributed by atoms with Crippen molar-refractivity contribution in [1.29, 1.82) is 0 Å². The molecule has 1 amide bonds. The van der Waals surface area contributed by atoms with Gasteiger partial charge in [-0.1, -0.05) is 0 Å². The zero-order valence-electron chi connectivity index (χ0n) is 16.7. The fourth-order valence-electron chi connectivity index (χ4n) is 3.86. The minimum Gasteiger partial charge on any atom is -0.497 e. The zero-order chi connectivity index (χ0) is 19.8. The summed E-state index contributed by atoms with van der Waals surface area (Å²) in [6.45, 7) is 8.22. The number of hydrogen-bond donors (Lipinski definition) is 0. The van der Waals surface area contributed by atoms with Crippen LogP contribution in [0.15, 0.2) is 36.5 Å². The summed E-state index contributed by atoms with van der Waals surface area (Å²) < 4.78 is 6.97. The first kappa shape index (κ1) is 18.3. The van der Waals surface area contributed by atoms with Gasteiger partial charge in [-0.2, -0.15) is 5.10 Å². The average Bonchev–Trinajstić information content (AvgIpc) is 3.11. The number of aryl methyl sites for hydroxylation is 2. The molecule has 1 saturated heterocycles. The molecule has 0 unspecified atom stereocenters. The second kappa shape index (κ2) is 7.14. The summed E-state index contributed by atoms with van der Waals surface area (Å²) in [5.41, 5.74) is 4.20. The number of amides is 1. The van der Waals surface area contributed by atoms with Gasteiger partial charge in [-0.05, 0) is 51.1 Å². The van der Waals surface area contributed by atoms with Crippen molar-refractivity contribution < 1.29 is 9.53 Å². The van der Waals surface area contributed by atoms with Crippen LogP contribution < -0.4 is 9.64 Å². The number of aromatic nitrogens is 3. The van der Waals surface area contributed by atoms with Gasteiger partial charge in [0.2, 0.25) is 0 Å². The van der Waals surface area contributed by atoms with Crippen molar-refractivity contribution in [2.75, 3.05) is 31.6 Å². The Balaban J connectivity index is 1.54. The molecular formula is C21H25N5O2. The normalized spacial score (nSPS) is 17.2. The minimum absolute atomic E-state index is 0.00520. The first-order chi connectivity index (χ1) is 13.5. The quantitative estimate of drug-likeness (QED) is 0.700. The second-order valence-electron chi connectivity index (χ2n) is 7.32. The van der Waals surface area contributed by atoms with Crippen LogP contribution in [0.25, 0.3) is 5.65 Å². The molecule has 0 spiro atoms. The lowest BCUT2D eigenvalue weighted by atomic mass is 10.1. The number of benzene rings is 1. The van der Waals surface area contributed by atoms with Gasteiger partial charge in [-0.25, -0.2) is 9.50 Å². The summed E-state index contributed by atoms with van der Waals surface area (Å²) >= 11 is 0. The summed E-state index contributed by atoms with van der Waals surface area (Å²) in [5.74, 6) is 0.839. The Morgan fingerprint density at radius 2 is 1.93 bits per heavy atom. The van der Waals surface area contributed by atoms with Crippen LogP contribution in [-0.4, -0.2) is 58.2 Å². The number of ether oxygens (including phenoxy) is 1. The number of nitrogens with zero attached hydrogens (tertiary/aromatic N) is 5. The van der Waals surface area contributed by atoms with E-state index in [4.69, 9.17) is 4.74 Å². The number of rotatable bonds is 3. The molecule has 7 nitrogen and oxygen atoms in total. The molecule has 0 aliphatic carbocycles. The summed E-state index contributed by atoms with van der Waals surface area (Å²) in [4.78, 5) is 22.0. The molecule has 0 N–H and O–H groups in total. The Hall–Kier alpha value is -3.09. The molecule has 1 atom stereocenters. The van der Waals surface area contributed by atoms with Crippen molar-refractivity contribution in [3.63, 3.8) is 0 Å². The van der Waals surface area contributed by atoms with E-state index in [9.17, 15) is 4.79 Å². The third-order valence-electron chi connectivity index (χ3n) is 5.33. The van der Waals surface area contributed by atoms with Crippen LogP contribution >= 0.6 is 0 Å². The summed E-state index contributed by atoms with van der Waals surface area (Å²) in [6.07, 6.45) is 1.64. The van der Waals surface area contributed by atoms with E-state index in [1.807, 2.05) is 36.9 Å². The molecule has 1 aliphatic heterocycles. The number of methoxy groups -OCH3 is 1. The molecular weight excluding hydrogens is 354 g/mol. The van der Waals surface area contributed by atoms with Crippen LogP contribution in [0, 0.1) is 13.8 Å². The van der Waals surface area contributed by atoms with E-state index in [0.29, 0.717) is 17.8 Å². The van der Waals surface area contributed by atoms with E-state index >= 15 is 0 Å². The molecule has 0 saturated carbocycles. The maximum atomic E-state index is 13.2. The maximum Gasteiger partial charge on any atom is 0.259 e. The fraction of sp³-hybridized carbons (Fsp3) is 0.381. The Morgan fingerprint density at radius 3 is 2.61 bits per heavy atom. The van der Waals surface area contributed by atoms with Gasteiger partial charge in [0.25, 0.3) is 5.91 Å². The van der Waals surface area contributed by atoms with Crippen LogP contribution in [0.3, 0.4) is 0 Å². The summed E-state index contributed by atoms with van der Waals surface area (Å²) in [6, 6.07) is 10.1. The third kappa shape index (κ3) is 3.17. The molecule has 28 heavy (non-hydrogen) atoms. The molecule has 1 aromatic carbocycles. The van der Waals surface area contributed by atoms with Crippen LogP contribution in [0.4, 0.5) is 5.69 Å². The molecule has 4 rings (SSSR count). The van der Waals surface area contributed by atoms with Crippen LogP contribution in [0.1, 0.15) is 28.7 Å². The lowest BCUT2D eigenvalue weighted by molar-refractivity contribution is 0.0676. The van der Waals surface area contributed by atoms with Crippen LogP contribution in [0.2, 0.25) is 0 Å². The van der Waals surface area contributed by atoms with Gasteiger partial charge in [0.15, 0.2) is 5.65 Å². The number of carbonyl (C=O) groups is 1. The zero-order valence-corrected chi connectivity index (χ0v) is 16.7. The van der Waals surface area contributed by atoms with Gasteiger partial charge in [-0.15, -0.1) is 0 Å². The molecule has 1 aliphatic rings. The third-order valence-corrected chi connectivity index (χ3v) is 5.33. The molecule has 0 bridgehead atoms. The second-order valence-corrected chi connectivity index (χ2v) is 7.32. The highest BCUT2D eigenvalue weighted by molar-refractivity contribution is 6.00. The van der Waals surface area contributed by atoms with Crippen LogP contribution in [-0.2, 0) is 0 Å². The van der Waals surface area contributed by atoms with Crippen molar-refractivity contribution >= 4 is 17.2 Å². The van der Waals surface area contributed by atoms with Gasteiger partial charge in [0.05, 0.1) is 13.3 Å². The number of fused-ring (bicyclic) bond motifs is 1. The monoisotopic (exact) mass is 379 g/mol. The topological polar surface area (TPSA) is 63.0 Å². The van der Waals surface area contributed by atoms with E-state index in [1.54, 1.807) is 17.8 Å². The number of piperazine rings is 1. The van der Waals surface area contributed by atoms with Gasteiger partial charge >= 0.3 is 0 Å². The molecule has 7 heteroatoms. The molecule has 3 heterocycles. The standard InChI is InChI=1S/C21H25N5O2/c1-14-11-15(2)26-20(23-14)19(12-22-26)21(27)25-10-9-24(13-16(25)3)17-5-7-18(28-4)8-6-17/h5-8,11-12,16H,9-10,13H2,1-4H3/t16-/m1/s1. The van der Waals surface area contributed by atoms with E-state index in [1.165, 1.54) is 0 Å². The van der Waals surface area contributed by atoms with Gasteiger partial charge in [0, 0.05) is 42.8 Å². The number of hydrogen-bond acceptors (Lipinski definition) is 5. The summed E-state index contributed by atoms with van der Waals surface area (Å²) in [5, 5.41) is 4.36. The Morgan fingerprint density at radius 1 is 1.18 bits per heavy atom. The van der Waals surface area contributed by atoms with Crippen molar-refractivity contribution in [1.82, 2.24) is 19.5 Å². The van der Waals surface area contributed by atoms with Crippen LogP contribution in [0.5, 0.6) is 5.75 Å². The highest BCUT2D eigenvalue weighted by Crippen LogP contribution is 2.24. The van der Waals surface area contributed by atoms with Gasteiger partial charge in [0.1, 0.15) is 11.3 Å². The number of carbonyl (C=O) groups excluding carboxylic acids is 1. The highest BCUT2D eigenvalue weighted by Gasteiger charge is 2.30. The molecule has 1 fully saturated rings. The Bertz CT molecular complexity index is 1010. The number of anilines is 1. The lowest BCUT2D eigenvalue weighted by Crippen LogP contribution is -2.54. The van der Waals surface area contributed by atoms with E-state index < -0.39 is 0 Å². The molecule has 0 radical (unpaired) electrons. The Kier molecular flexibility index (Phi) is 4.66.